The average molecular weight is 461 g/mol. The lowest BCUT2D eigenvalue weighted by Gasteiger charge is -2.13. The Morgan fingerprint density at radius 3 is 2.42 bits per heavy atom. The molecule has 2 N–H and O–H groups in total. The van der Waals surface area contributed by atoms with Gasteiger partial charge in [0, 0.05) is 31.0 Å². The van der Waals surface area contributed by atoms with E-state index in [0.29, 0.717) is 13.1 Å². The summed E-state index contributed by atoms with van der Waals surface area (Å²) in [6.45, 7) is 3.38. The highest BCUT2D eigenvalue weighted by Crippen LogP contribution is 2.07. The van der Waals surface area contributed by atoms with Crippen LogP contribution in [0.15, 0.2) is 72.0 Å². The molecule has 0 unspecified atom stereocenters. The summed E-state index contributed by atoms with van der Waals surface area (Å²) in [6, 6.07) is 18.5. The van der Waals surface area contributed by atoms with Gasteiger partial charge in [0.15, 0.2) is 5.96 Å². The molecular formula is C20H24IN5. The van der Waals surface area contributed by atoms with Crippen molar-refractivity contribution >= 4 is 35.6 Å². The van der Waals surface area contributed by atoms with Crippen molar-refractivity contribution in [1.29, 1.82) is 0 Å². The standard InChI is InChI=1S/C20H23N5.HI/c1-16-8-10-17(11-9-16)12-21-20(24-19-6-4-3-5-7-19)22-13-18-14-23-25(2)15-18;/h3-11,14-15H,12-13H2,1-2H3,(H2,21,22,24);1H. The minimum Gasteiger partial charge on any atom is -0.352 e. The average Bonchev–Trinajstić information content (AvgIpc) is 3.05. The van der Waals surface area contributed by atoms with Gasteiger partial charge in [-0.3, -0.25) is 4.68 Å². The third kappa shape index (κ3) is 6.18. The number of guanidine groups is 1. The van der Waals surface area contributed by atoms with Gasteiger partial charge in [0.1, 0.15) is 0 Å². The molecule has 1 heterocycles. The predicted octanol–water partition coefficient (Wildman–Crippen LogP) is 4.10. The Bertz CT molecular complexity index is 825. The van der Waals surface area contributed by atoms with Crippen LogP contribution in [0, 0.1) is 6.92 Å². The van der Waals surface area contributed by atoms with Crippen LogP contribution in [0.4, 0.5) is 5.69 Å². The lowest BCUT2D eigenvalue weighted by molar-refractivity contribution is 0.766. The molecule has 5 nitrogen and oxygen atoms in total. The summed E-state index contributed by atoms with van der Waals surface area (Å²) in [7, 11) is 1.91. The molecule has 0 aliphatic heterocycles. The van der Waals surface area contributed by atoms with E-state index in [2.05, 4.69) is 51.9 Å². The summed E-state index contributed by atoms with van der Waals surface area (Å²) >= 11 is 0. The minimum atomic E-state index is 0. The first-order chi connectivity index (χ1) is 12.2. The fraction of sp³-hybridized carbons (Fsp3) is 0.200. The van der Waals surface area contributed by atoms with Crippen molar-refractivity contribution in [2.75, 3.05) is 5.32 Å². The normalized spacial score (nSPS) is 10.9. The quantitative estimate of drug-likeness (QED) is 0.342. The lowest BCUT2D eigenvalue weighted by atomic mass is 10.1. The van der Waals surface area contributed by atoms with Gasteiger partial charge in [-0.25, -0.2) is 4.99 Å². The van der Waals surface area contributed by atoms with Crippen molar-refractivity contribution in [3.05, 3.63) is 83.7 Å². The van der Waals surface area contributed by atoms with Crippen molar-refractivity contribution in [2.24, 2.45) is 12.0 Å². The summed E-state index contributed by atoms with van der Waals surface area (Å²) in [6.07, 6.45) is 3.81. The van der Waals surface area contributed by atoms with E-state index < -0.39 is 0 Å². The predicted molar refractivity (Wildman–Crippen MR) is 118 cm³/mol. The number of halogens is 1. The first-order valence-electron chi connectivity index (χ1n) is 8.32. The van der Waals surface area contributed by atoms with Gasteiger partial charge in [-0.2, -0.15) is 5.10 Å². The lowest BCUT2D eigenvalue weighted by Crippen LogP contribution is -2.30. The molecule has 0 fully saturated rings. The molecule has 0 saturated carbocycles. The van der Waals surface area contributed by atoms with Crippen LogP contribution in [0.2, 0.25) is 0 Å². The molecule has 136 valence electrons. The molecule has 6 heteroatoms. The number of benzene rings is 2. The number of rotatable bonds is 5. The molecule has 3 rings (SSSR count). The number of aromatic nitrogens is 2. The van der Waals surface area contributed by atoms with E-state index in [-0.39, 0.29) is 24.0 Å². The number of hydrogen-bond acceptors (Lipinski definition) is 2. The second kappa shape index (κ2) is 9.96. The Kier molecular flexibility index (Phi) is 7.65. The summed E-state index contributed by atoms with van der Waals surface area (Å²) in [5.41, 5.74) is 4.56. The van der Waals surface area contributed by atoms with Gasteiger partial charge < -0.3 is 10.6 Å². The van der Waals surface area contributed by atoms with Crippen LogP contribution in [-0.4, -0.2) is 15.7 Å². The Hall–Kier alpha value is -2.35. The zero-order valence-electron chi connectivity index (χ0n) is 15.0. The topological polar surface area (TPSA) is 54.2 Å². The van der Waals surface area contributed by atoms with Crippen LogP contribution < -0.4 is 10.6 Å². The molecular weight excluding hydrogens is 437 g/mol. The number of hydrogen-bond donors (Lipinski definition) is 2. The Morgan fingerprint density at radius 2 is 1.77 bits per heavy atom. The molecule has 0 bridgehead atoms. The molecule has 0 atom stereocenters. The third-order valence-electron chi connectivity index (χ3n) is 3.80. The maximum absolute atomic E-state index is 4.68. The first-order valence-corrected chi connectivity index (χ1v) is 8.32. The highest BCUT2D eigenvalue weighted by atomic mass is 127. The number of para-hydroxylation sites is 1. The fourth-order valence-electron chi connectivity index (χ4n) is 2.41. The van der Waals surface area contributed by atoms with Crippen LogP contribution in [0.3, 0.4) is 0 Å². The molecule has 0 spiro atoms. The molecule has 0 radical (unpaired) electrons. The number of nitrogens with zero attached hydrogens (tertiary/aromatic N) is 3. The van der Waals surface area contributed by atoms with Gasteiger partial charge in [0.2, 0.25) is 0 Å². The largest absolute Gasteiger partial charge is 0.352 e. The van der Waals surface area contributed by atoms with Gasteiger partial charge in [0.25, 0.3) is 0 Å². The molecule has 0 saturated heterocycles. The van der Waals surface area contributed by atoms with E-state index in [0.717, 1.165) is 17.2 Å². The van der Waals surface area contributed by atoms with Gasteiger partial charge in [-0.1, -0.05) is 48.0 Å². The van der Waals surface area contributed by atoms with E-state index in [4.69, 9.17) is 0 Å². The SMILES string of the molecule is Cc1ccc(CNC(=NCc2cnn(C)c2)Nc2ccccc2)cc1.I. The zero-order chi connectivity index (χ0) is 17.5. The number of nitrogens with one attached hydrogen (secondary N) is 2. The summed E-state index contributed by atoms with van der Waals surface area (Å²) in [5.74, 6) is 0.746. The van der Waals surface area contributed by atoms with E-state index >= 15 is 0 Å². The van der Waals surface area contributed by atoms with Crippen molar-refractivity contribution in [2.45, 2.75) is 20.0 Å². The van der Waals surface area contributed by atoms with Crippen molar-refractivity contribution < 1.29 is 0 Å². The van der Waals surface area contributed by atoms with Crippen molar-refractivity contribution in [3.63, 3.8) is 0 Å². The van der Waals surface area contributed by atoms with E-state index in [1.165, 1.54) is 11.1 Å². The molecule has 1 aromatic heterocycles. The Morgan fingerprint density at radius 1 is 1.04 bits per heavy atom. The summed E-state index contributed by atoms with van der Waals surface area (Å²) in [5, 5.41) is 10.9. The van der Waals surface area contributed by atoms with Crippen LogP contribution in [0.1, 0.15) is 16.7 Å². The van der Waals surface area contributed by atoms with Crippen molar-refractivity contribution in [1.82, 2.24) is 15.1 Å². The maximum atomic E-state index is 4.68. The number of aryl methyl sites for hydroxylation is 2. The molecule has 0 aliphatic carbocycles. The number of anilines is 1. The highest BCUT2D eigenvalue weighted by molar-refractivity contribution is 14.0. The minimum absolute atomic E-state index is 0. The Balaban J connectivity index is 0.00000243. The first kappa shape index (κ1) is 20.0. The van der Waals surface area contributed by atoms with Gasteiger partial charge in [0.05, 0.1) is 12.7 Å². The van der Waals surface area contributed by atoms with Crippen LogP contribution in [0.5, 0.6) is 0 Å². The molecule has 2 aromatic carbocycles. The smallest absolute Gasteiger partial charge is 0.196 e. The highest BCUT2D eigenvalue weighted by Gasteiger charge is 2.02. The zero-order valence-corrected chi connectivity index (χ0v) is 17.3. The molecule has 0 aliphatic rings. The second-order valence-electron chi connectivity index (χ2n) is 6.02. The molecule has 26 heavy (non-hydrogen) atoms. The fourth-order valence-corrected chi connectivity index (χ4v) is 2.41. The second-order valence-corrected chi connectivity index (χ2v) is 6.02. The van der Waals surface area contributed by atoms with Gasteiger partial charge in [-0.05, 0) is 24.6 Å². The van der Waals surface area contributed by atoms with E-state index in [1.807, 2.05) is 49.8 Å². The van der Waals surface area contributed by atoms with Gasteiger partial charge >= 0.3 is 0 Å². The third-order valence-corrected chi connectivity index (χ3v) is 3.80. The maximum Gasteiger partial charge on any atom is 0.196 e. The van der Waals surface area contributed by atoms with Crippen LogP contribution in [0.25, 0.3) is 0 Å². The summed E-state index contributed by atoms with van der Waals surface area (Å²) < 4.78 is 1.79. The van der Waals surface area contributed by atoms with Crippen LogP contribution in [-0.2, 0) is 20.1 Å². The van der Waals surface area contributed by atoms with Crippen LogP contribution >= 0.6 is 24.0 Å². The van der Waals surface area contributed by atoms with Gasteiger partial charge in [-0.15, -0.1) is 24.0 Å². The number of aliphatic imine (C=N–C) groups is 1. The van der Waals surface area contributed by atoms with Crippen molar-refractivity contribution in [3.8, 4) is 0 Å². The molecule has 0 amide bonds. The monoisotopic (exact) mass is 461 g/mol. The van der Waals surface area contributed by atoms with E-state index in [1.54, 1.807) is 4.68 Å². The Labute approximate surface area is 171 Å². The summed E-state index contributed by atoms with van der Waals surface area (Å²) in [4.78, 5) is 4.68. The molecule has 3 aromatic rings. The van der Waals surface area contributed by atoms with E-state index in [9.17, 15) is 0 Å².